The molecular formula is C82H138N26O29S2. The highest BCUT2D eigenvalue weighted by Gasteiger charge is 2.43. The van der Waals surface area contributed by atoms with Crippen molar-refractivity contribution in [2.24, 2.45) is 52.0 Å². The van der Waals surface area contributed by atoms with E-state index < -0.39 is 366 Å². The predicted molar refractivity (Wildman–Crippen MR) is 495 cm³/mol. The van der Waals surface area contributed by atoms with Crippen LogP contribution in [0.4, 0.5) is 0 Å². The zero-order chi connectivity index (χ0) is 106. The smallest absolute Gasteiger partial charge is 0.326 e. The summed E-state index contributed by atoms with van der Waals surface area (Å²) in [5, 5.41) is 72.1. The number of carbonyl (C=O) groups excluding carboxylic acids is 25. The Morgan fingerprint density at radius 3 is 0.914 bits per heavy atom. The maximum absolute atomic E-state index is 14.5. The van der Waals surface area contributed by atoms with Crippen molar-refractivity contribution in [3.05, 3.63) is 0 Å². The molecule has 18 atom stereocenters. The van der Waals surface area contributed by atoms with Gasteiger partial charge in [-0.1, -0.05) is 27.7 Å². The molecule has 782 valence electrons. The van der Waals surface area contributed by atoms with E-state index in [1.54, 1.807) is 40.2 Å². The number of carboxylic acid groups (broad SMARTS) is 1. The van der Waals surface area contributed by atoms with Crippen molar-refractivity contribution < 1.29 is 140 Å². The molecule has 0 aliphatic carbocycles. The number of aliphatic hydroxyl groups excluding tert-OH is 2. The molecule has 1 saturated heterocycles. The minimum Gasteiger partial charge on any atom is -0.480 e. The first-order valence-electron chi connectivity index (χ1n) is 44.6. The van der Waals surface area contributed by atoms with E-state index in [9.17, 15) is 140 Å². The number of carboxylic acids is 1. The van der Waals surface area contributed by atoms with Crippen LogP contribution in [0.1, 0.15) is 178 Å². The number of rotatable bonds is 68. The molecule has 0 unspecified atom stereocenters. The number of amides is 25. The number of thioether (sulfide) groups is 2. The molecule has 1 heterocycles. The van der Waals surface area contributed by atoms with Crippen LogP contribution in [0.3, 0.4) is 0 Å². The molecule has 1 fully saturated rings. The molecule has 0 spiro atoms. The SMILES string of the molecule is CSCC[C@H](NC(=O)CNC(=O)[C@H](CCC(N)=O)NC(=O)[C@H](CCC(N)=O)NC(=O)[C@H](CCC(N)=O)NC(=O)[C@H](CCC(N)=O)NC(=O)[C@H](CCC(N)=O)NC(=O)[C@H](CCC(N)=O)NC(=O)[C@H](C)NC(=O)[C@H](CC(C)C)NC(=O)[C@H](C)NC(=O)[C@H](C)NC(=O)[C@H](CCSC)NC(=O)[C@H](C)N)C(=O)NCC(=O)N[C@H](C(=O)N1CCC[C@H]1C(=O)N[C@@H](CO)C(=O)NCC(=O)N[C@@H](CC(C)C)C(=O)O)[C@@H](C)O. The lowest BCUT2D eigenvalue weighted by Gasteiger charge is -2.30. The lowest BCUT2D eigenvalue weighted by atomic mass is 10.0. The summed E-state index contributed by atoms with van der Waals surface area (Å²) in [5.74, 6) is -27.5. The van der Waals surface area contributed by atoms with Crippen molar-refractivity contribution in [3.8, 4) is 0 Å². The second-order valence-corrected chi connectivity index (χ2v) is 35.7. The molecular weight excluding hydrogens is 1880 g/mol. The van der Waals surface area contributed by atoms with Crippen molar-refractivity contribution in [1.29, 1.82) is 0 Å². The van der Waals surface area contributed by atoms with Crippen LogP contribution in [0.5, 0.6) is 0 Å². The second-order valence-electron chi connectivity index (χ2n) is 33.8. The number of hydrogen-bond donors (Lipinski definition) is 28. The van der Waals surface area contributed by atoms with Crippen LogP contribution in [-0.4, -0.2) is 339 Å². The van der Waals surface area contributed by atoms with Crippen LogP contribution >= 0.6 is 23.5 Å². The quantitative estimate of drug-likeness (QED) is 0.0269. The number of carbonyl (C=O) groups is 26. The number of hydrogen-bond acceptors (Lipinski definition) is 31. The first-order chi connectivity index (χ1) is 65.0. The van der Waals surface area contributed by atoms with Crippen LogP contribution in [0.25, 0.3) is 0 Å². The zero-order valence-electron chi connectivity index (χ0n) is 79.5. The van der Waals surface area contributed by atoms with Gasteiger partial charge in [0.05, 0.1) is 38.4 Å². The Morgan fingerprint density at radius 2 is 0.597 bits per heavy atom. The van der Waals surface area contributed by atoms with Gasteiger partial charge in [0.25, 0.3) is 0 Å². The largest absolute Gasteiger partial charge is 0.480 e. The van der Waals surface area contributed by atoms with Crippen molar-refractivity contribution in [2.45, 2.75) is 287 Å². The summed E-state index contributed by atoms with van der Waals surface area (Å²) >= 11 is 2.61. The number of nitrogens with one attached hydrogen (secondary N) is 18. The first-order valence-corrected chi connectivity index (χ1v) is 47.4. The molecule has 0 aromatic rings. The van der Waals surface area contributed by atoms with E-state index in [-0.39, 0.29) is 62.7 Å². The molecule has 1 rings (SSSR count). The molecule has 1 aliphatic rings. The van der Waals surface area contributed by atoms with Gasteiger partial charge >= 0.3 is 5.97 Å². The highest BCUT2D eigenvalue weighted by Crippen LogP contribution is 2.21. The van der Waals surface area contributed by atoms with Crippen LogP contribution in [0, 0.1) is 11.8 Å². The van der Waals surface area contributed by atoms with Gasteiger partial charge < -0.3 is 156 Å². The van der Waals surface area contributed by atoms with Crippen molar-refractivity contribution in [2.75, 3.05) is 56.8 Å². The standard InChI is InChI=1S/C82H138N26O29S2/c1-37(2)31-52(105-69(123)41(7)93-67(121)40(6)94-73(127)51(27-30-139-11)98-66(120)39(5)83)79(133)95-42(8)68(122)99-45(15-21-57(85)112)74(128)101-47(17-23-59(87)114)76(130)103-49(19-25-61(89)116)78(132)104-48(18-24-60(88)115)77(131)102-46(16-22-58(86)113)75(129)100-44(14-20-56(84)111)70(124)90-33-62(117)96-50(26-29-138-10)71(125)91-35-64(119)107-65(43(9)110)81(135)108-28-12-13-55(108)80(134)106-54(36-109)72(126)92-34-63(118)97-53(82(136)137)32-38(3)4/h37-55,65,109-110H,12-36,83H2,1-11H3,(H2,84,111)(H2,85,112)(H2,86,113)(H2,87,114)(H2,88,115)(H2,89,116)(H,90,124)(H,91,125)(H,92,126)(H,93,121)(H,94,127)(H,95,133)(H,96,117)(H,97,118)(H,98,120)(H,99,122)(H,100,129)(H,101,128)(H,102,131)(H,103,130)(H,104,132)(H,105,123)(H,106,134)(H,107,119)(H,136,137)/t39-,40-,41-,42-,43+,44-,45-,46-,47-,48-,49-,50-,51-,52-,53-,54-,55-,65-/m0/s1. The van der Waals surface area contributed by atoms with E-state index in [4.69, 9.17) is 40.1 Å². The summed E-state index contributed by atoms with van der Waals surface area (Å²) in [6, 6.07) is -26.6. The average Bonchev–Trinajstić information content (AvgIpc) is 1.70. The minimum atomic E-state index is -1.99. The third-order valence-corrected chi connectivity index (χ3v) is 22.0. The Kier molecular flexibility index (Phi) is 57.1. The molecule has 0 saturated carbocycles. The van der Waals surface area contributed by atoms with E-state index in [1.165, 1.54) is 44.3 Å². The Bertz CT molecular complexity index is 4340. The second kappa shape index (κ2) is 64.1. The van der Waals surface area contributed by atoms with Gasteiger partial charge in [0.1, 0.15) is 96.7 Å². The summed E-state index contributed by atoms with van der Waals surface area (Å²) in [6.07, 6.45) is -6.10. The molecule has 25 amide bonds. The Hall–Kier alpha value is -13.2. The number of likely N-dealkylation sites (tertiary alicyclic amines) is 1. The van der Waals surface area contributed by atoms with Gasteiger partial charge in [0, 0.05) is 45.1 Å². The summed E-state index contributed by atoms with van der Waals surface area (Å²) in [7, 11) is 0. The fraction of sp³-hybridized carbons (Fsp3) is 0.683. The summed E-state index contributed by atoms with van der Waals surface area (Å²) < 4.78 is 0. The highest BCUT2D eigenvalue weighted by molar-refractivity contribution is 7.98. The fourth-order valence-electron chi connectivity index (χ4n) is 13.1. The zero-order valence-corrected chi connectivity index (χ0v) is 81.1. The van der Waals surface area contributed by atoms with Gasteiger partial charge in [-0.2, -0.15) is 23.5 Å². The molecule has 0 aromatic carbocycles. The molecule has 139 heavy (non-hydrogen) atoms. The lowest BCUT2D eigenvalue weighted by Crippen LogP contribution is -2.60. The Balaban J connectivity index is 3.50. The molecule has 35 N–H and O–H groups in total. The molecule has 1 aliphatic heterocycles. The molecule has 0 bridgehead atoms. The normalized spacial score (nSPS) is 15.8. The summed E-state index contributed by atoms with van der Waals surface area (Å²) in [5.41, 5.74) is 38.2. The van der Waals surface area contributed by atoms with E-state index in [2.05, 4.69) is 95.7 Å². The molecule has 0 aromatic heterocycles. The third-order valence-electron chi connectivity index (χ3n) is 20.7. The van der Waals surface area contributed by atoms with Crippen LogP contribution in [0.2, 0.25) is 0 Å². The number of nitrogens with zero attached hydrogens (tertiary/aromatic N) is 1. The Labute approximate surface area is 809 Å². The van der Waals surface area contributed by atoms with Crippen molar-refractivity contribution in [3.63, 3.8) is 0 Å². The molecule has 57 heteroatoms. The number of aliphatic carboxylic acids is 1. The fourth-order valence-corrected chi connectivity index (χ4v) is 14.0. The molecule has 0 radical (unpaired) electrons. The van der Waals surface area contributed by atoms with E-state index in [0.29, 0.717) is 5.75 Å². The third kappa shape index (κ3) is 49.1. The van der Waals surface area contributed by atoms with Crippen LogP contribution < -0.4 is 136 Å². The maximum Gasteiger partial charge on any atom is 0.326 e. The monoisotopic (exact) mass is 2010 g/mol. The number of nitrogens with two attached hydrogens (primary N) is 7. The Morgan fingerprint density at radius 1 is 0.331 bits per heavy atom. The minimum absolute atomic E-state index is 0.00230. The van der Waals surface area contributed by atoms with Gasteiger partial charge in [-0.3, -0.25) is 120 Å². The van der Waals surface area contributed by atoms with Crippen molar-refractivity contribution in [1.82, 2.24) is 101 Å². The predicted octanol–water partition coefficient (Wildman–Crippen LogP) is -13.3. The van der Waals surface area contributed by atoms with Crippen molar-refractivity contribution >= 4 is 177 Å². The molecule has 55 nitrogen and oxygen atoms in total. The summed E-state index contributed by atoms with van der Waals surface area (Å²) in [6.45, 7) is 9.41. The van der Waals surface area contributed by atoms with E-state index in [0.717, 1.165) is 18.7 Å². The van der Waals surface area contributed by atoms with Gasteiger partial charge in [0.15, 0.2) is 0 Å². The van der Waals surface area contributed by atoms with Gasteiger partial charge in [0.2, 0.25) is 148 Å². The topological polar surface area (TPSA) is 906 Å². The van der Waals surface area contributed by atoms with Gasteiger partial charge in [-0.15, -0.1) is 0 Å². The number of primary amides is 6. The number of aliphatic hydroxyl groups is 2. The lowest BCUT2D eigenvalue weighted by molar-refractivity contribution is -0.144. The van der Waals surface area contributed by atoms with E-state index in [1.807, 2.05) is 0 Å². The maximum atomic E-state index is 14.5. The van der Waals surface area contributed by atoms with Crippen LogP contribution in [-0.2, 0) is 125 Å². The van der Waals surface area contributed by atoms with Gasteiger partial charge in [-0.25, -0.2) is 4.79 Å². The van der Waals surface area contributed by atoms with Gasteiger partial charge in [-0.05, 0) is 148 Å². The summed E-state index contributed by atoms with van der Waals surface area (Å²) in [4.78, 5) is 346. The first kappa shape index (κ1) is 124. The highest BCUT2D eigenvalue weighted by atomic mass is 32.2. The van der Waals surface area contributed by atoms with E-state index >= 15 is 0 Å². The average molecular weight is 2020 g/mol. The van der Waals surface area contributed by atoms with Crippen LogP contribution in [0.15, 0.2) is 0 Å².